The van der Waals surface area contributed by atoms with Crippen molar-refractivity contribution in [1.29, 1.82) is 0 Å². The smallest absolute Gasteiger partial charge is 0.240 e. The van der Waals surface area contributed by atoms with Crippen LogP contribution in [0.15, 0.2) is 16.2 Å². The summed E-state index contributed by atoms with van der Waals surface area (Å²) in [5, 5.41) is 6.17. The van der Waals surface area contributed by atoms with Crippen molar-refractivity contribution in [2.24, 2.45) is 0 Å². The second-order valence-electron chi connectivity index (χ2n) is 2.96. The number of hydrogen-bond acceptors (Lipinski definition) is 4. The topological polar surface area (TPSA) is 56.7 Å². The molecule has 0 aromatic carbocycles. The van der Waals surface area contributed by atoms with Crippen molar-refractivity contribution in [2.75, 3.05) is 5.73 Å². The third kappa shape index (κ3) is 1.96. The second kappa shape index (κ2) is 3.70. The molecule has 2 aromatic rings. The normalized spacial score (nSPS) is 10.7. The van der Waals surface area contributed by atoms with Gasteiger partial charge in [0, 0.05) is 4.88 Å². The Bertz CT molecular complexity index is 448. The molecule has 6 heteroatoms. The summed E-state index contributed by atoms with van der Waals surface area (Å²) in [7, 11) is 0. The Morgan fingerprint density at radius 3 is 2.93 bits per heavy atom. The Morgan fingerprint density at radius 1 is 1.64 bits per heavy atom. The van der Waals surface area contributed by atoms with Gasteiger partial charge < -0.3 is 5.73 Å². The molecule has 0 unspecified atom stereocenters. The van der Waals surface area contributed by atoms with Crippen LogP contribution >= 0.6 is 27.3 Å². The summed E-state index contributed by atoms with van der Waals surface area (Å²) in [5.41, 5.74) is 6.69. The molecule has 14 heavy (non-hydrogen) atoms. The molecule has 0 saturated heterocycles. The number of anilines is 1. The van der Waals surface area contributed by atoms with Gasteiger partial charge >= 0.3 is 0 Å². The molecule has 0 aliphatic rings. The van der Waals surface area contributed by atoms with Gasteiger partial charge in [-0.15, -0.1) is 16.4 Å². The van der Waals surface area contributed by atoms with E-state index in [1.54, 1.807) is 16.0 Å². The van der Waals surface area contributed by atoms with Gasteiger partial charge in [0.25, 0.3) is 0 Å². The summed E-state index contributed by atoms with van der Waals surface area (Å²) in [6, 6.07) is 2.13. The van der Waals surface area contributed by atoms with Gasteiger partial charge in [-0.1, -0.05) is 0 Å². The fourth-order valence-corrected chi connectivity index (χ4v) is 2.28. The van der Waals surface area contributed by atoms with Gasteiger partial charge in [0.2, 0.25) is 5.95 Å². The molecule has 0 fully saturated rings. The molecule has 0 radical (unpaired) electrons. The molecule has 2 N–H and O–H groups in total. The van der Waals surface area contributed by atoms with Crippen molar-refractivity contribution in [3.63, 3.8) is 0 Å². The highest BCUT2D eigenvalue weighted by atomic mass is 79.9. The number of nitrogen functional groups attached to an aromatic ring is 1. The monoisotopic (exact) mass is 272 g/mol. The summed E-state index contributed by atoms with van der Waals surface area (Å²) in [4.78, 5) is 5.26. The number of nitrogens with zero attached hydrogens (tertiary/aromatic N) is 3. The average Bonchev–Trinajstić information content (AvgIpc) is 2.61. The first kappa shape index (κ1) is 9.67. The van der Waals surface area contributed by atoms with E-state index in [4.69, 9.17) is 5.73 Å². The number of aryl methyl sites for hydroxylation is 1. The van der Waals surface area contributed by atoms with Crippen LogP contribution in [0.1, 0.15) is 10.4 Å². The summed E-state index contributed by atoms with van der Waals surface area (Å²) < 4.78 is 2.40. The predicted molar refractivity (Wildman–Crippen MR) is 60.3 cm³/mol. The first-order valence-electron chi connectivity index (χ1n) is 4.05. The molecule has 0 saturated carbocycles. The number of halogens is 1. The lowest BCUT2D eigenvalue weighted by atomic mass is 10.3. The van der Waals surface area contributed by atoms with Gasteiger partial charge in [-0.25, -0.2) is 4.68 Å². The Balaban J connectivity index is 2.22. The van der Waals surface area contributed by atoms with Gasteiger partial charge in [-0.2, -0.15) is 4.98 Å². The summed E-state index contributed by atoms with van der Waals surface area (Å²) in [6.07, 6.45) is 0. The Hall–Kier alpha value is -0.880. The van der Waals surface area contributed by atoms with E-state index in [-0.39, 0.29) is 0 Å². The van der Waals surface area contributed by atoms with Crippen LogP contribution < -0.4 is 5.73 Å². The molecule has 2 rings (SSSR count). The maximum absolute atomic E-state index is 5.47. The van der Waals surface area contributed by atoms with Gasteiger partial charge in [-0.05, 0) is 39.9 Å². The van der Waals surface area contributed by atoms with Gasteiger partial charge in [0.05, 0.1) is 6.54 Å². The lowest BCUT2D eigenvalue weighted by molar-refractivity contribution is 0.671. The van der Waals surface area contributed by atoms with E-state index in [9.17, 15) is 0 Å². The standard InChI is InChI=1S/C8H9BrN4S/c1-5-2-6(4-14-5)3-13-7(9)11-8(10)12-13/h2,4H,3H2,1H3,(H2,10,12). The fraction of sp³-hybridized carbons (Fsp3) is 0.250. The minimum Gasteiger partial charge on any atom is -0.366 e. The largest absolute Gasteiger partial charge is 0.366 e. The minimum absolute atomic E-state index is 0.295. The molecular formula is C8H9BrN4S. The first-order valence-corrected chi connectivity index (χ1v) is 5.72. The quantitative estimate of drug-likeness (QED) is 0.911. The molecule has 0 amide bonds. The van der Waals surface area contributed by atoms with E-state index >= 15 is 0 Å². The number of nitrogens with two attached hydrogens (primary N) is 1. The molecule has 0 bridgehead atoms. The van der Waals surface area contributed by atoms with Crippen molar-refractivity contribution in [3.05, 3.63) is 26.6 Å². The predicted octanol–water partition coefficient (Wildman–Crippen LogP) is 2.04. The van der Waals surface area contributed by atoms with Crippen molar-refractivity contribution in [2.45, 2.75) is 13.5 Å². The SMILES string of the molecule is Cc1cc(Cn2nc(N)nc2Br)cs1. The van der Waals surface area contributed by atoms with E-state index in [2.05, 4.69) is 44.4 Å². The molecule has 2 heterocycles. The van der Waals surface area contributed by atoms with E-state index < -0.39 is 0 Å². The van der Waals surface area contributed by atoms with E-state index in [1.807, 2.05) is 0 Å². The zero-order valence-corrected chi connectivity index (χ0v) is 9.97. The lowest BCUT2D eigenvalue weighted by Crippen LogP contribution is -2.01. The third-order valence-electron chi connectivity index (χ3n) is 1.76. The maximum atomic E-state index is 5.47. The second-order valence-corrected chi connectivity index (χ2v) is 4.79. The summed E-state index contributed by atoms with van der Waals surface area (Å²) in [6.45, 7) is 2.79. The zero-order chi connectivity index (χ0) is 10.1. The van der Waals surface area contributed by atoms with Crippen LogP contribution in [0.5, 0.6) is 0 Å². The summed E-state index contributed by atoms with van der Waals surface area (Å²) >= 11 is 5.02. The minimum atomic E-state index is 0.295. The molecule has 0 atom stereocenters. The van der Waals surface area contributed by atoms with Gasteiger partial charge in [0.1, 0.15) is 0 Å². The van der Waals surface area contributed by atoms with Crippen LogP contribution in [-0.2, 0) is 6.54 Å². The van der Waals surface area contributed by atoms with E-state index in [0.717, 1.165) is 0 Å². The van der Waals surface area contributed by atoms with Crippen LogP contribution in [0, 0.1) is 6.92 Å². The Labute approximate surface area is 93.9 Å². The first-order chi connectivity index (χ1) is 6.65. The highest BCUT2D eigenvalue weighted by Gasteiger charge is 2.05. The van der Waals surface area contributed by atoms with Crippen molar-refractivity contribution in [1.82, 2.24) is 14.8 Å². The number of aromatic nitrogens is 3. The third-order valence-corrected chi connectivity index (χ3v) is 3.26. The van der Waals surface area contributed by atoms with Crippen LogP contribution in [0.3, 0.4) is 0 Å². The van der Waals surface area contributed by atoms with Crippen LogP contribution in [0.4, 0.5) is 5.95 Å². The average molecular weight is 273 g/mol. The molecule has 0 aliphatic carbocycles. The highest BCUT2D eigenvalue weighted by Crippen LogP contribution is 2.16. The molecule has 4 nitrogen and oxygen atoms in total. The molecule has 0 aliphatic heterocycles. The van der Waals surface area contributed by atoms with Crippen molar-refractivity contribution in [3.8, 4) is 0 Å². The van der Waals surface area contributed by atoms with Crippen molar-refractivity contribution >= 4 is 33.2 Å². The fourth-order valence-electron chi connectivity index (χ4n) is 1.19. The van der Waals surface area contributed by atoms with Gasteiger partial charge in [-0.3, -0.25) is 0 Å². The number of hydrogen-bond donors (Lipinski definition) is 1. The molecule has 0 spiro atoms. The Morgan fingerprint density at radius 2 is 2.43 bits per heavy atom. The van der Waals surface area contributed by atoms with Crippen LogP contribution in [-0.4, -0.2) is 14.8 Å². The number of thiophene rings is 1. The molecule has 2 aromatic heterocycles. The highest BCUT2D eigenvalue weighted by molar-refractivity contribution is 9.10. The lowest BCUT2D eigenvalue weighted by Gasteiger charge is -1.97. The summed E-state index contributed by atoms with van der Waals surface area (Å²) in [5.74, 6) is 0.295. The molecule has 74 valence electrons. The van der Waals surface area contributed by atoms with Crippen LogP contribution in [0.25, 0.3) is 0 Å². The van der Waals surface area contributed by atoms with Crippen LogP contribution in [0.2, 0.25) is 0 Å². The van der Waals surface area contributed by atoms with Gasteiger partial charge in [0.15, 0.2) is 4.73 Å². The maximum Gasteiger partial charge on any atom is 0.240 e. The zero-order valence-electron chi connectivity index (χ0n) is 7.57. The van der Waals surface area contributed by atoms with E-state index in [0.29, 0.717) is 17.2 Å². The molecular weight excluding hydrogens is 264 g/mol. The van der Waals surface area contributed by atoms with E-state index in [1.165, 1.54) is 10.4 Å². The Kier molecular flexibility index (Phi) is 2.56. The number of rotatable bonds is 2. The van der Waals surface area contributed by atoms with Crippen molar-refractivity contribution < 1.29 is 0 Å².